The molecule has 7 nitrogen and oxygen atoms in total. The lowest BCUT2D eigenvalue weighted by Crippen LogP contribution is -2.46. The van der Waals surface area contributed by atoms with Gasteiger partial charge in [-0.05, 0) is 42.3 Å². The van der Waals surface area contributed by atoms with Crippen LogP contribution in [0.25, 0.3) is 11.0 Å². The van der Waals surface area contributed by atoms with Gasteiger partial charge >= 0.3 is 0 Å². The fraction of sp³-hybridized carbons (Fsp3) is 0.130. The Hall–Kier alpha value is -3.56. The minimum absolute atomic E-state index is 0.510. The van der Waals surface area contributed by atoms with E-state index in [2.05, 4.69) is 20.0 Å². The molecule has 0 radical (unpaired) electrons. The zero-order chi connectivity index (χ0) is 22.7. The largest absolute Gasteiger partial charge is 0.345 e. The summed E-state index contributed by atoms with van der Waals surface area (Å²) in [6.45, 7) is 1.41. The molecule has 4 rings (SSSR count). The van der Waals surface area contributed by atoms with E-state index >= 15 is 0 Å². The van der Waals surface area contributed by atoms with E-state index in [-0.39, 0.29) is 0 Å². The molecule has 164 valence electrons. The number of amides is 1. The molecule has 2 atom stereocenters. The number of rotatable bonds is 7. The Morgan fingerprint density at radius 1 is 1.00 bits per heavy atom. The number of imidazole rings is 1. The van der Waals surface area contributed by atoms with Gasteiger partial charge in [-0.3, -0.25) is 4.79 Å². The molecule has 0 aliphatic carbocycles. The van der Waals surface area contributed by atoms with Crippen molar-refractivity contribution in [1.29, 1.82) is 0 Å². The molecule has 0 aliphatic rings. The number of benzene rings is 3. The number of halogens is 1. The number of aromatic amines is 1. The van der Waals surface area contributed by atoms with Gasteiger partial charge in [0.05, 0.1) is 29.4 Å². The molecule has 3 N–H and O–H groups in total. The van der Waals surface area contributed by atoms with Gasteiger partial charge in [-0.15, -0.1) is 0 Å². The molecule has 0 aliphatic heterocycles. The zero-order valence-corrected chi connectivity index (χ0v) is 17.9. The van der Waals surface area contributed by atoms with Crippen LogP contribution in [0, 0.1) is 5.82 Å². The number of H-pyrrole nitrogens is 1. The van der Waals surface area contributed by atoms with Gasteiger partial charge < -0.3 is 10.3 Å². The molecule has 3 aromatic carbocycles. The van der Waals surface area contributed by atoms with Crippen LogP contribution in [0.2, 0.25) is 0 Å². The van der Waals surface area contributed by atoms with Gasteiger partial charge in [0.1, 0.15) is 10.7 Å². The Bertz CT molecular complexity index is 1360. The first-order chi connectivity index (χ1) is 15.3. The lowest BCUT2D eigenvalue weighted by molar-refractivity contribution is -0.122. The van der Waals surface area contributed by atoms with E-state index in [4.69, 9.17) is 0 Å². The Kier molecular flexibility index (Phi) is 6.02. The van der Waals surface area contributed by atoms with Crippen LogP contribution in [0.1, 0.15) is 24.1 Å². The average molecular weight is 453 g/mol. The number of carbonyl (C=O) groups excluding carboxylic acids is 1. The highest BCUT2D eigenvalue weighted by atomic mass is 32.2. The van der Waals surface area contributed by atoms with E-state index in [9.17, 15) is 17.6 Å². The van der Waals surface area contributed by atoms with Gasteiger partial charge in [-0.1, -0.05) is 48.5 Å². The number of hydrogen-bond acceptors (Lipinski definition) is 4. The van der Waals surface area contributed by atoms with Crippen LogP contribution >= 0.6 is 0 Å². The number of aromatic nitrogens is 2. The normalized spacial score (nSPS) is 13.6. The third-order valence-electron chi connectivity index (χ3n) is 5.05. The summed E-state index contributed by atoms with van der Waals surface area (Å²) < 4.78 is 41.4. The maximum atomic E-state index is 14.0. The fourth-order valence-electron chi connectivity index (χ4n) is 3.42. The van der Waals surface area contributed by atoms with Crippen LogP contribution in [-0.4, -0.2) is 30.3 Å². The van der Waals surface area contributed by atoms with Gasteiger partial charge in [0.25, 0.3) is 0 Å². The summed E-state index contributed by atoms with van der Waals surface area (Å²) in [5, 5.41) is 2.90. The van der Waals surface area contributed by atoms with E-state index in [1.165, 1.54) is 19.1 Å². The van der Waals surface area contributed by atoms with E-state index in [0.29, 0.717) is 0 Å². The van der Waals surface area contributed by atoms with Gasteiger partial charge in [0.15, 0.2) is 0 Å². The van der Waals surface area contributed by atoms with Crippen LogP contribution in [-0.2, 0) is 14.8 Å². The van der Waals surface area contributed by atoms with E-state index in [1.54, 1.807) is 6.33 Å². The Morgan fingerprint density at radius 3 is 2.47 bits per heavy atom. The van der Waals surface area contributed by atoms with Crippen molar-refractivity contribution < 1.29 is 17.6 Å². The summed E-state index contributed by atoms with van der Waals surface area (Å²) in [6.07, 6.45) is 1.59. The third-order valence-corrected chi connectivity index (χ3v) is 6.62. The summed E-state index contributed by atoms with van der Waals surface area (Å²) >= 11 is 0. The second-order valence-corrected chi connectivity index (χ2v) is 8.99. The van der Waals surface area contributed by atoms with Gasteiger partial charge in [-0.2, -0.15) is 4.72 Å². The molecule has 0 saturated carbocycles. The Morgan fingerprint density at radius 2 is 1.72 bits per heavy atom. The lowest BCUT2D eigenvalue weighted by atomic mass is 9.98. The molecule has 1 aromatic heterocycles. The summed E-state index contributed by atoms with van der Waals surface area (Å²) in [5.74, 6) is -1.44. The Labute approximate surface area is 184 Å². The lowest BCUT2D eigenvalue weighted by Gasteiger charge is -2.23. The Balaban J connectivity index is 1.59. The molecule has 9 heteroatoms. The third kappa shape index (κ3) is 4.53. The molecular formula is C23H21FN4O3S. The average Bonchev–Trinajstić information content (AvgIpc) is 3.25. The molecule has 32 heavy (non-hydrogen) atoms. The number of sulfonamides is 1. The SMILES string of the molecule is C[C@H](NS(=O)(=O)c1ccccc1F)C(=O)NC(c1ccccc1)c1ccc2nc[nH]c2c1. The van der Waals surface area contributed by atoms with Crippen molar-refractivity contribution in [3.05, 3.63) is 96.1 Å². The van der Waals surface area contributed by atoms with Gasteiger partial charge in [-0.25, -0.2) is 17.8 Å². The molecule has 1 amide bonds. The van der Waals surface area contributed by atoms with Crippen molar-refractivity contribution in [2.45, 2.75) is 23.9 Å². The van der Waals surface area contributed by atoms with Crippen LogP contribution in [0.15, 0.2) is 84.0 Å². The van der Waals surface area contributed by atoms with Crippen LogP contribution in [0.3, 0.4) is 0 Å². The van der Waals surface area contributed by atoms with Crippen molar-refractivity contribution in [2.24, 2.45) is 0 Å². The first-order valence-corrected chi connectivity index (χ1v) is 11.4. The zero-order valence-electron chi connectivity index (χ0n) is 17.1. The topological polar surface area (TPSA) is 104 Å². The molecule has 4 aromatic rings. The second kappa shape index (κ2) is 8.89. The number of nitrogens with zero attached hydrogens (tertiary/aromatic N) is 1. The standard InChI is InChI=1S/C23H21FN4O3S/c1-15(28-32(30,31)21-10-6-5-9-18(21)24)23(29)27-22(16-7-3-2-4-8-16)17-11-12-19-20(13-17)26-14-25-19/h2-15,22,28H,1H3,(H,25,26)(H,27,29)/t15-,22?/m0/s1. The summed E-state index contributed by atoms with van der Waals surface area (Å²) in [5.41, 5.74) is 3.22. The number of carbonyl (C=O) groups is 1. The highest BCUT2D eigenvalue weighted by molar-refractivity contribution is 7.89. The van der Waals surface area contributed by atoms with Crippen LogP contribution in [0.5, 0.6) is 0 Å². The fourth-order valence-corrected chi connectivity index (χ4v) is 4.70. The van der Waals surface area contributed by atoms with Crippen molar-refractivity contribution >= 4 is 27.0 Å². The van der Waals surface area contributed by atoms with Crippen LogP contribution < -0.4 is 10.0 Å². The van der Waals surface area contributed by atoms with E-state index < -0.39 is 38.7 Å². The summed E-state index contributed by atoms with van der Waals surface area (Å²) in [6, 6.07) is 18.2. The summed E-state index contributed by atoms with van der Waals surface area (Å²) in [4.78, 5) is 19.7. The second-order valence-electron chi connectivity index (χ2n) is 7.30. The maximum absolute atomic E-state index is 14.0. The highest BCUT2D eigenvalue weighted by Crippen LogP contribution is 2.25. The molecule has 1 heterocycles. The molecule has 0 fully saturated rings. The molecule has 0 saturated heterocycles. The molecule has 0 spiro atoms. The van der Waals surface area contributed by atoms with E-state index in [1.807, 2.05) is 48.5 Å². The highest BCUT2D eigenvalue weighted by Gasteiger charge is 2.26. The predicted octanol–water partition coefficient (Wildman–Crippen LogP) is 3.27. The number of fused-ring (bicyclic) bond motifs is 1. The van der Waals surface area contributed by atoms with Crippen molar-refractivity contribution in [2.75, 3.05) is 0 Å². The van der Waals surface area contributed by atoms with Gasteiger partial charge in [0, 0.05) is 0 Å². The summed E-state index contributed by atoms with van der Waals surface area (Å²) in [7, 11) is -4.22. The van der Waals surface area contributed by atoms with Gasteiger partial charge in [0.2, 0.25) is 15.9 Å². The molecule has 1 unspecified atom stereocenters. The first kappa shape index (κ1) is 21.7. The minimum atomic E-state index is -4.22. The first-order valence-electron chi connectivity index (χ1n) is 9.90. The van der Waals surface area contributed by atoms with Crippen molar-refractivity contribution in [1.82, 2.24) is 20.0 Å². The maximum Gasteiger partial charge on any atom is 0.244 e. The monoisotopic (exact) mass is 452 g/mol. The smallest absolute Gasteiger partial charge is 0.244 e. The quantitative estimate of drug-likeness (QED) is 0.400. The number of nitrogens with one attached hydrogen (secondary N) is 3. The predicted molar refractivity (Wildman–Crippen MR) is 119 cm³/mol. The van der Waals surface area contributed by atoms with Crippen LogP contribution in [0.4, 0.5) is 4.39 Å². The minimum Gasteiger partial charge on any atom is -0.345 e. The van der Waals surface area contributed by atoms with Crippen molar-refractivity contribution in [3.63, 3.8) is 0 Å². The molecular weight excluding hydrogens is 431 g/mol. The molecule has 0 bridgehead atoms. The van der Waals surface area contributed by atoms with Crippen molar-refractivity contribution in [3.8, 4) is 0 Å². The van der Waals surface area contributed by atoms with E-state index in [0.717, 1.165) is 34.3 Å². The number of hydrogen-bond donors (Lipinski definition) is 3.